The molecule has 7 heteroatoms. The molecule has 0 radical (unpaired) electrons. The summed E-state index contributed by atoms with van der Waals surface area (Å²) in [5.74, 6) is 2.35. The summed E-state index contributed by atoms with van der Waals surface area (Å²) in [6, 6.07) is 11.8. The average Bonchev–Trinajstić information content (AvgIpc) is 2.66. The third-order valence-corrected chi connectivity index (χ3v) is 5.65. The van der Waals surface area contributed by atoms with Gasteiger partial charge in [-0.3, -0.25) is 5.32 Å². The summed E-state index contributed by atoms with van der Waals surface area (Å²) in [5.41, 5.74) is 2.08. The van der Waals surface area contributed by atoms with Gasteiger partial charge in [0.1, 0.15) is 11.9 Å². The Morgan fingerprint density at radius 2 is 1.92 bits per heavy atom. The van der Waals surface area contributed by atoms with Crippen molar-refractivity contribution < 1.29 is 14.2 Å². The van der Waals surface area contributed by atoms with Crippen molar-refractivity contribution in [2.75, 3.05) is 14.2 Å². The van der Waals surface area contributed by atoms with Crippen molar-refractivity contribution in [2.24, 2.45) is 5.92 Å². The van der Waals surface area contributed by atoms with Crippen LogP contribution in [-0.4, -0.2) is 25.4 Å². The lowest BCUT2D eigenvalue weighted by atomic mass is 9.91. The molecule has 0 spiro atoms. The third kappa shape index (κ3) is 3.04. The lowest BCUT2D eigenvalue weighted by Gasteiger charge is -2.42. The fourth-order valence-corrected chi connectivity index (χ4v) is 4.33. The van der Waals surface area contributed by atoms with Gasteiger partial charge in [-0.15, -0.1) is 0 Å². The zero-order chi connectivity index (χ0) is 18.3. The Morgan fingerprint density at radius 3 is 2.69 bits per heavy atom. The van der Waals surface area contributed by atoms with Crippen molar-refractivity contribution in [3.63, 3.8) is 0 Å². The zero-order valence-corrected chi connectivity index (χ0v) is 16.8. The molecule has 0 aromatic heterocycles. The molecular formula is C19H19BrN2O3S. The van der Waals surface area contributed by atoms with Crippen molar-refractivity contribution in [1.82, 2.24) is 10.6 Å². The summed E-state index contributed by atoms with van der Waals surface area (Å²) in [6.07, 6.45) is 0.372. The molecule has 1 fully saturated rings. The molecule has 2 aliphatic rings. The molecule has 2 aromatic carbocycles. The van der Waals surface area contributed by atoms with Crippen LogP contribution in [0.25, 0.3) is 0 Å². The first kappa shape index (κ1) is 17.6. The average molecular weight is 435 g/mol. The molecule has 5 nitrogen and oxygen atoms in total. The highest BCUT2D eigenvalue weighted by atomic mass is 79.9. The first-order chi connectivity index (χ1) is 12.6. The van der Waals surface area contributed by atoms with E-state index >= 15 is 0 Å². The maximum Gasteiger partial charge on any atom is 0.166 e. The van der Waals surface area contributed by atoms with Gasteiger partial charge in [0, 0.05) is 15.6 Å². The fourth-order valence-electron chi connectivity index (χ4n) is 3.52. The van der Waals surface area contributed by atoms with Gasteiger partial charge in [0.15, 0.2) is 17.7 Å². The Kier molecular flexibility index (Phi) is 4.77. The van der Waals surface area contributed by atoms with Gasteiger partial charge >= 0.3 is 0 Å². The molecule has 1 saturated heterocycles. The van der Waals surface area contributed by atoms with Gasteiger partial charge in [0.05, 0.1) is 25.1 Å². The minimum Gasteiger partial charge on any atom is -0.496 e. The van der Waals surface area contributed by atoms with Gasteiger partial charge in [-0.1, -0.05) is 46.3 Å². The van der Waals surface area contributed by atoms with E-state index < -0.39 is 0 Å². The van der Waals surface area contributed by atoms with E-state index in [9.17, 15) is 0 Å². The summed E-state index contributed by atoms with van der Waals surface area (Å²) in [4.78, 5) is 0.786. The zero-order valence-electron chi connectivity index (χ0n) is 14.4. The van der Waals surface area contributed by atoms with Gasteiger partial charge in [-0.05, 0) is 24.6 Å². The molecular weight excluding hydrogens is 416 g/mol. The quantitative estimate of drug-likeness (QED) is 0.720. The van der Waals surface area contributed by atoms with Gasteiger partial charge in [0.2, 0.25) is 0 Å². The van der Waals surface area contributed by atoms with Crippen molar-refractivity contribution in [2.45, 2.75) is 18.8 Å². The molecule has 0 saturated carbocycles. The number of hydrogen-bond acceptors (Lipinski definition) is 5. The molecule has 2 aliphatic heterocycles. The Balaban J connectivity index is 1.66. The number of benzene rings is 2. The van der Waals surface area contributed by atoms with Gasteiger partial charge in [-0.2, -0.15) is 0 Å². The Hall–Kier alpha value is -1.83. The summed E-state index contributed by atoms with van der Waals surface area (Å²) in [5, 5.41) is 6.91. The maximum absolute atomic E-state index is 6.28. The third-order valence-electron chi connectivity index (χ3n) is 4.77. The molecule has 2 aromatic rings. The topological polar surface area (TPSA) is 51.8 Å². The van der Waals surface area contributed by atoms with Crippen molar-refractivity contribution >= 4 is 33.1 Å². The molecule has 3 unspecified atom stereocenters. The second-order valence-corrected chi connectivity index (χ2v) is 7.65. The number of fused-ring (bicyclic) bond motifs is 2. The largest absolute Gasteiger partial charge is 0.496 e. The van der Waals surface area contributed by atoms with Crippen LogP contribution >= 0.6 is 28.1 Å². The normalized spacial score (nSPS) is 24.0. The van der Waals surface area contributed by atoms with E-state index in [4.69, 9.17) is 26.4 Å². The van der Waals surface area contributed by atoms with E-state index in [0.717, 1.165) is 38.5 Å². The standard InChI is InChI=1S/C19H19BrN2O3S/c1-23-14-6-4-3-5-12(14)17-21-18-13(19(26)22-17)8-10-7-11(20)9-15(24-2)16(10)25-18/h3-7,9,13,17-18,21H,8H2,1-2H3,(H,22,26). The number of halogens is 1. The van der Waals surface area contributed by atoms with Gasteiger partial charge in [-0.25, -0.2) is 0 Å². The first-order valence-electron chi connectivity index (χ1n) is 8.33. The van der Waals surface area contributed by atoms with Crippen LogP contribution in [0.1, 0.15) is 17.3 Å². The Morgan fingerprint density at radius 1 is 1.15 bits per heavy atom. The van der Waals surface area contributed by atoms with Gasteiger partial charge < -0.3 is 19.5 Å². The number of methoxy groups -OCH3 is 2. The van der Waals surface area contributed by atoms with Crippen LogP contribution in [-0.2, 0) is 6.42 Å². The highest BCUT2D eigenvalue weighted by Crippen LogP contribution is 2.42. The van der Waals surface area contributed by atoms with Crippen LogP contribution in [0, 0.1) is 5.92 Å². The van der Waals surface area contributed by atoms with E-state index in [1.807, 2.05) is 30.3 Å². The predicted octanol–water partition coefficient (Wildman–Crippen LogP) is 3.56. The fraction of sp³-hybridized carbons (Fsp3) is 0.316. The van der Waals surface area contributed by atoms with E-state index in [1.54, 1.807) is 14.2 Å². The molecule has 0 bridgehead atoms. The Bertz CT molecular complexity index is 861. The number of rotatable bonds is 3. The number of ether oxygens (including phenoxy) is 3. The monoisotopic (exact) mass is 434 g/mol. The molecule has 2 N–H and O–H groups in total. The van der Waals surface area contributed by atoms with Gasteiger partial charge in [0.25, 0.3) is 0 Å². The number of thiocarbonyl (C=S) groups is 1. The summed E-state index contributed by atoms with van der Waals surface area (Å²) in [6.45, 7) is 0. The number of nitrogens with one attached hydrogen (secondary N) is 2. The SMILES string of the molecule is COc1ccccc1C1NC(=S)C2Cc3cc(Br)cc(OC)c3OC2N1. The summed E-state index contributed by atoms with van der Waals surface area (Å²) >= 11 is 9.20. The van der Waals surface area contributed by atoms with Crippen LogP contribution in [0.2, 0.25) is 0 Å². The molecule has 2 heterocycles. The molecule has 4 rings (SSSR count). The Labute approximate surface area is 166 Å². The lowest BCUT2D eigenvalue weighted by Crippen LogP contribution is -2.60. The highest BCUT2D eigenvalue weighted by molar-refractivity contribution is 9.10. The molecule has 0 aliphatic carbocycles. The number of hydrogen-bond donors (Lipinski definition) is 2. The van der Waals surface area contributed by atoms with Crippen LogP contribution in [0.5, 0.6) is 17.2 Å². The predicted molar refractivity (Wildman–Crippen MR) is 107 cm³/mol. The van der Waals surface area contributed by atoms with E-state index in [-0.39, 0.29) is 18.3 Å². The van der Waals surface area contributed by atoms with Crippen LogP contribution in [0.4, 0.5) is 0 Å². The van der Waals surface area contributed by atoms with Crippen molar-refractivity contribution in [3.05, 3.63) is 52.0 Å². The maximum atomic E-state index is 6.28. The number of para-hydroxylation sites is 1. The van der Waals surface area contributed by atoms with E-state index in [1.165, 1.54) is 0 Å². The molecule has 0 amide bonds. The second-order valence-electron chi connectivity index (χ2n) is 6.30. The first-order valence-corrected chi connectivity index (χ1v) is 9.53. The molecule has 3 atom stereocenters. The van der Waals surface area contributed by atoms with Crippen molar-refractivity contribution in [3.8, 4) is 17.2 Å². The van der Waals surface area contributed by atoms with E-state index in [0.29, 0.717) is 5.75 Å². The summed E-state index contributed by atoms with van der Waals surface area (Å²) in [7, 11) is 3.31. The van der Waals surface area contributed by atoms with E-state index in [2.05, 4.69) is 32.6 Å². The van der Waals surface area contributed by atoms with Crippen molar-refractivity contribution in [1.29, 1.82) is 0 Å². The molecule has 26 heavy (non-hydrogen) atoms. The van der Waals surface area contributed by atoms with Crippen LogP contribution < -0.4 is 24.8 Å². The second kappa shape index (κ2) is 7.06. The minimum atomic E-state index is -0.235. The minimum absolute atomic E-state index is 0.0578. The van der Waals surface area contributed by atoms with Crippen LogP contribution in [0.15, 0.2) is 40.9 Å². The highest BCUT2D eigenvalue weighted by Gasteiger charge is 2.40. The smallest absolute Gasteiger partial charge is 0.166 e. The lowest BCUT2D eigenvalue weighted by molar-refractivity contribution is 0.0766. The summed E-state index contributed by atoms with van der Waals surface area (Å²) < 4.78 is 18.2. The molecule has 136 valence electrons. The van der Waals surface area contributed by atoms with Crippen LogP contribution in [0.3, 0.4) is 0 Å².